The quantitative estimate of drug-likeness (QED) is 0.497. The summed E-state index contributed by atoms with van der Waals surface area (Å²) in [5.41, 5.74) is 11.1. The van der Waals surface area contributed by atoms with Gasteiger partial charge in [-0.15, -0.1) is 0 Å². The average molecular weight is 520 g/mol. The highest BCUT2D eigenvalue weighted by atomic mass is 16.2. The van der Waals surface area contributed by atoms with Gasteiger partial charge in [-0.2, -0.15) is 0 Å². The van der Waals surface area contributed by atoms with Gasteiger partial charge in [-0.3, -0.25) is 9.59 Å². The van der Waals surface area contributed by atoms with Crippen LogP contribution in [0.2, 0.25) is 0 Å². The second-order valence-corrected chi connectivity index (χ2v) is 10.1. The maximum Gasteiger partial charge on any atom is 0.298 e. The minimum absolute atomic E-state index is 0.00614. The summed E-state index contributed by atoms with van der Waals surface area (Å²) in [6, 6.07) is 7.28. The molecule has 2 aliphatic carbocycles. The molecule has 1 unspecified atom stereocenters. The number of nitrogens with zero attached hydrogens (tertiary/aromatic N) is 5. The molecule has 2 fully saturated rings. The van der Waals surface area contributed by atoms with Crippen molar-refractivity contribution >= 4 is 23.4 Å². The fourth-order valence-electron chi connectivity index (χ4n) is 5.21. The molecule has 9 nitrogen and oxygen atoms in total. The lowest BCUT2D eigenvalue weighted by Crippen LogP contribution is -2.27. The topological polar surface area (TPSA) is 119 Å². The molecule has 2 amide bonds. The molecule has 0 radical (unpaired) electrons. The van der Waals surface area contributed by atoms with Gasteiger partial charge in [0.05, 0.1) is 5.69 Å². The molecule has 9 heteroatoms. The van der Waals surface area contributed by atoms with E-state index in [0.717, 1.165) is 29.8 Å². The van der Waals surface area contributed by atoms with Gasteiger partial charge in [-0.1, -0.05) is 36.3 Å². The second-order valence-electron chi connectivity index (χ2n) is 10.1. The zero-order valence-electron chi connectivity index (χ0n) is 21.7. The number of benzene rings is 1. The maximum absolute atomic E-state index is 13.0. The molecular formula is C30H29N7O2. The predicted octanol–water partition coefficient (Wildman–Crippen LogP) is 3.62. The molecule has 0 bridgehead atoms. The number of nitrogen functional groups attached to an aromatic ring is 1. The van der Waals surface area contributed by atoms with Crippen LogP contribution in [-0.4, -0.2) is 49.2 Å². The molecule has 6 rings (SSSR count). The Morgan fingerprint density at radius 1 is 1.10 bits per heavy atom. The van der Waals surface area contributed by atoms with Crippen LogP contribution in [0.3, 0.4) is 0 Å². The smallest absolute Gasteiger partial charge is 0.298 e. The van der Waals surface area contributed by atoms with Crippen molar-refractivity contribution < 1.29 is 9.59 Å². The van der Waals surface area contributed by atoms with E-state index >= 15 is 0 Å². The number of anilines is 1. The number of amides is 2. The van der Waals surface area contributed by atoms with Crippen molar-refractivity contribution in [2.45, 2.75) is 38.5 Å². The minimum Gasteiger partial charge on any atom is -0.369 e. The van der Waals surface area contributed by atoms with Gasteiger partial charge in [0, 0.05) is 35.8 Å². The van der Waals surface area contributed by atoms with E-state index in [1.807, 2.05) is 18.2 Å². The molecule has 1 aromatic carbocycles. The molecule has 1 aliphatic heterocycles. The van der Waals surface area contributed by atoms with Gasteiger partial charge in [0.2, 0.25) is 5.95 Å². The first-order chi connectivity index (χ1) is 19.0. The van der Waals surface area contributed by atoms with E-state index in [4.69, 9.17) is 10.7 Å². The summed E-state index contributed by atoms with van der Waals surface area (Å²) in [5.74, 6) is 6.43. The molecule has 1 saturated carbocycles. The number of allylic oxidation sites excluding steroid dienone is 5. The number of carbonyl (C=O) groups is 2. The Morgan fingerprint density at radius 3 is 2.69 bits per heavy atom. The number of rotatable bonds is 5. The van der Waals surface area contributed by atoms with Crippen molar-refractivity contribution in [1.29, 1.82) is 0 Å². The van der Waals surface area contributed by atoms with Crippen molar-refractivity contribution in [3.8, 4) is 23.2 Å². The van der Waals surface area contributed by atoms with E-state index in [2.05, 4.69) is 45.4 Å². The number of fused-ring (bicyclic) bond motifs is 1. The SMILES string of the molecule is CC#CC(=O)N1CCC(c2nc(-c3ccc(C(=O)NC4=CCC=CC(C5CC5)=C4)cc3)n3c(N)ncnc23)C1. The Hall–Kier alpha value is -4.71. The zero-order chi connectivity index (χ0) is 26.9. The Labute approximate surface area is 226 Å². The summed E-state index contributed by atoms with van der Waals surface area (Å²) in [6.07, 6.45) is 13.8. The largest absolute Gasteiger partial charge is 0.369 e. The van der Waals surface area contributed by atoms with Crippen molar-refractivity contribution in [3.05, 3.63) is 77.4 Å². The number of carbonyl (C=O) groups excluding carboxylic acids is 2. The van der Waals surface area contributed by atoms with E-state index in [-0.39, 0.29) is 23.7 Å². The van der Waals surface area contributed by atoms with Crippen LogP contribution in [0.4, 0.5) is 5.95 Å². The fourth-order valence-corrected chi connectivity index (χ4v) is 5.21. The lowest BCUT2D eigenvalue weighted by molar-refractivity contribution is -0.124. The molecule has 3 aliphatic rings. The highest BCUT2D eigenvalue weighted by Gasteiger charge is 2.31. The Kier molecular flexibility index (Phi) is 6.45. The molecule has 1 saturated heterocycles. The molecule has 0 spiro atoms. The first-order valence-corrected chi connectivity index (χ1v) is 13.2. The number of nitrogens with two attached hydrogens (primary N) is 1. The Balaban J connectivity index is 1.25. The van der Waals surface area contributed by atoms with Gasteiger partial charge in [-0.05, 0) is 68.2 Å². The molecule has 39 heavy (non-hydrogen) atoms. The molecular weight excluding hydrogens is 490 g/mol. The summed E-state index contributed by atoms with van der Waals surface area (Å²) in [7, 11) is 0. The van der Waals surface area contributed by atoms with E-state index < -0.39 is 0 Å². The van der Waals surface area contributed by atoms with Crippen molar-refractivity contribution in [2.75, 3.05) is 18.8 Å². The van der Waals surface area contributed by atoms with Gasteiger partial charge in [-0.25, -0.2) is 19.4 Å². The van der Waals surface area contributed by atoms with Crippen LogP contribution in [0.15, 0.2) is 66.2 Å². The summed E-state index contributed by atoms with van der Waals surface area (Å²) in [6.45, 7) is 2.79. The monoisotopic (exact) mass is 519 g/mol. The van der Waals surface area contributed by atoms with Crippen LogP contribution in [0.5, 0.6) is 0 Å². The van der Waals surface area contributed by atoms with Gasteiger partial charge >= 0.3 is 0 Å². The lowest BCUT2D eigenvalue weighted by Gasteiger charge is -2.12. The first-order valence-electron chi connectivity index (χ1n) is 13.2. The van der Waals surface area contributed by atoms with Crippen LogP contribution in [-0.2, 0) is 4.79 Å². The van der Waals surface area contributed by atoms with Crippen LogP contribution in [0.25, 0.3) is 17.0 Å². The third-order valence-corrected chi connectivity index (χ3v) is 7.39. The predicted molar refractivity (Wildman–Crippen MR) is 148 cm³/mol. The standard InChI is InChI=1S/C30H29N7O2/c1-2-5-25(38)36-15-14-23(17-36)26-28-32-18-33-30(31)37(28)27(35-26)20-10-12-21(13-11-20)29(39)34-24-7-4-3-6-22(16-24)19-8-9-19/h3,6-7,10-13,16,18-19,23H,4,8-9,14-15,17H2,1H3,(H,34,39)(H2,31,32,33). The highest BCUT2D eigenvalue weighted by molar-refractivity contribution is 5.96. The Bertz CT molecular complexity index is 1610. The zero-order valence-corrected chi connectivity index (χ0v) is 21.7. The number of hydrogen-bond donors (Lipinski definition) is 2. The third-order valence-electron chi connectivity index (χ3n) is 7.39. The lowest BCUT2D eigenvalue weighted by atomic mass is 10.1. The van der Waals surface area contributed by atoms with Gasteiger partial charge < -0.3 is 16.0 Å². The second kappa shape index (κ2) is 10.2. The van der Waals surface area contributed by atoms with Crippen LogP contribution >= 0.6 is 0 Å². The summed E-state index contributed by atoms with van der Waals surface area (Å²) >= 11 is 0. The number of aromatic nitrogens is 4. The first kappa shape index (κ1) is 24.6. The molecule has 1 atom stereocenters. The fraction of sp³-hybridized carbons (Fsp3) is 0.300. The van der Waals surface area contributed by atoms with Gasteiger partial charge in [0.25, 0.3) is 11.8 Å². The van der Waals surface area contributed by atoms with Crippen molar-refractivity contribution in [2.24, 2.45) is 5.92 Å². The normalized spacial score (nSPS) is 18.7. The summed E-state index contributed by atoms with van der Waals surface area (Å²) in [4.78, 5) is 40.6. The molecule has 3 heterocycles. The van der Waals surface area contributed by atoms with Crippen LogP contribution in [0, 0.1) is 17.8 Å². The van der Waals surface area contributed by atoms with E-state index in [1.165, 1.54) is 24.7 Å². The summed E-state index contributed by atoms with van der Waals surface area (Å²) < 4.78 is 1.73. The van der Waals surface area contributed by atoms with E-state index in [0.29, 0.717) is 36.0 Å². The molecule has 3 aromatic rings. The Morgan fingerprint density at radius 2 is 1.92 bits per heavy atom. The van der Waals surface area contributed by atoms with Gasteiger partial charge in [0.15, 0.2) is 5.65 Å². The number of likely N-dealkylation sites (tertiary alicyclic amines) is 1. The molecule has 3 N–H and O–H groups in total. The van der Waals surface area contributed by atoms with Crippen molar-refractivity contribution in [1.82, 2.24) is 29.6 Å². The van der Waals surface area contributed by atoms with Gasteiger partial charge in [0.1, 0.15) is 12.2 Å². The number of nitrogens with one attached hydrogen (secondary N) is 1. The summed E-state index contributed by atoms with van der Waals surface area (Å²) in [5, 5.41) is 3.05. The van der Waals surface area contributed by atoms with Crippen molar-refractivity contribution in [3.63, 3.8) is 0 Å². The maximum atomic E-state index is 13.0. The minimum atomic E-state index is -0.179. The number of imidazole rings is 1. The highest BCUT2D eigenvalue weighted by Crippen LogP contribution is 2.38. The van der Waals surface area contributed by atoms with E-state index in [9.17, 15) is 9.59 Å². The molecule has 196 valence electrons. The van der Waals surface area contributed by atoms with Crippen LogP contribution < -0.4 is 11.1 Å². The molecule has 2 aromatic heterocycles. The van der Waals surface area contributed by atoms with E-state index in [1.54, 1.807) is 28.4 Å². The number of hydrogen-bond acceptors (Lipinski definition) is 6. The third kappa shape index (κ3) is 4.93. The average Bonchev–Trinajstić information content (AvgIpc) is 3.60. The van der Waals surface area contributed by atoms with Crippen LogP contribution in [0.1, 0.15) is 54.6 Å².